The largest absolute Gasteiger partial charge is 0.307 e. The van der Waals surface area contributed by atoms with E-state index in [9.17, 15) is 0 Å². The number of hydrogen-bond acceptors (Lipinski definition) is 3. The summed E-state index contributed by atoms with van der Waals surface area (Å²) in [6, 6.07) is 6.45. The molecule has 1 atom stereocenters. The van der Waals surface area contributed by atoms with Crippen LogP contribution in [0.4, 0.5) is 0 Å². The summed E-state index contributed by atoms with van der Waals surface area (Å²) >= 11 is 0. The number of nitrogens with one attached hydrogen (secondary N) is 1. The van der Waals surface area contributed by atoms with Crippen LogP contribution in [0.2, 0.25) is 0 Å². The molecule has 3 nitrogen and oxygen atoms in total. The van der Waals surface area contributed by atoms with Gasteiger partial charge < -0.3 is 5.32 Å². The zero-order valence-electron chi connectivity index (χ0n) is 9.33. The van der Waals surface area contributed by atoms with Crippen molar-refractivity contribution in [2.45, 2.75) is 39.3 Å². The standard InChI is InChI=1S/C12H17N3/c1-3-11(6-7-13)15-9-12-10(2)5-4-8-14-12/h4-5,8,11,15H,3,6,9H2,1-2H3. The molecule has 0 saturated carbocycles. The number of aromatic nitrogens is 1. The number of nitriles is 1. The van der Waals surface area contributed by atoms with Gasteiger partial charge >= 0.3 is 0 Å². The maximum Gasteiger partial charge on any atom is 0.0638 e. The average Bonchev–Trinajstić information content (AvgIpc) is 2.26. The van der Waals surface area contributed by atoms with Gasteiger partial charge in [-0.25, -0.2) is 0 Å². The van der Waals surface area contributed by atoms with Gasteiger partial charge in [0.15, 0.2) is 0 Å². The first-order chi connectivity index (χ1) is 7.27. The second-order valence-electron chi connectivity index (χ2n) is 3.62. The minimum atomic E-state index is 0.274. The number of hydrogen-bond donors (Lipinski definition) is 1. The summed E-state index contributed by atoms with van der Waals surface area (Å²) in [6.45, 7) is 4.88. The molecule has 0 amide bonds. The Kier molecular flexibility index (Phi) is 4.79. The van der Waals surface area contributed by atoms with Crippen LogP contribution in [0.25, 0.3) is 0 Å². The van der Waals surface area contributed by atoms with E-state index in [2.05, 4.69) is 36.3 Å². The Bertz CT molecular complexity index is 341. The molecule has 0 aromatic carbocycles. The van der Waals surface area contributed by atoms with Gasteiger partial charge in [-0.3, -0.25) is 4.98 Å². The van der Waals surface area contributed by atoms with Crippen molar-refractivity contribution in [1.29, 1.82) is 5.26 Å². The van der Waals surface area contributed by atoms with E-state index in [1.165, 1.54) is 5.56 Å². The van der Waals surface area contributed by atoms with E-state index >= 15 is 0 Å². The molecule has 1 rings (SSSR count). The van der Waals surface area contributed by atoms with Crippen LogP contribution < -0.4 is 5.32 Å². The van der Waals surface area contributed by atoms with Crippen molar-refractivity contribution in [3.05, 3.63) is 29.6 Å². The summed E-state index contributed by atoms with van der Waals surface area (Å²) in [5.74, 6) is 0. The van der Waals surface area contributed by atoms with E-state index < -0.39 is 0 Å². The molecule has 0 aliphatic rings. The smallest absolute Gasteiger partial charge is 0.0638 e. The minimum absolute atomic E-state index is 0.274. The molecule has 0 saturated heterocycles. The van der Waals surface area contributed by atoms with Crippen LogP contribution in [-0.4, -0.2) is 11.0 Å². The summed E-state index contributed by atoms with van der Waals surface area (Å²) in [4.78, 5) is 4.30. The molecule has 0 fully saturated rings. The first-order valence-corrected chi connectivity index (χ1v) is 5.28. The van der Waals surface area contributed by atoms with Crippen molar-refractivity contribution < 1.29 is 0 Å². The van der Waals surface area contributed by atoms with Crippen LogP contribution >= 0.6 is 0 Å². The highest BCUT2D eigenvalue weighted by Crippen LogP contribution is 2.04. The number of rotatable bonds is 5. The average molecular weight is 203 g/mol. The minimum Gasteiger partial charge on any atom is -0.307 e. The summed E-state index contributed by atoms with van der Waals surface area (Å²) < 4.78 is 0. The molecule has 0 aliphatic heterocycles. The summed E-state index contributed by atoms with van der Waals surface area (Å²) in [5.41, 5.74) is 2.26. The van der Waals surface area contributed by atoms with E-state index in [-0.39, 0.29) is 6.04 Å². The first-order valence-electron chi connectivity index (χ1n) is 5.28. The van der Waals surface area contributed by atoms with Crippen LogP contribution in [0.15, 0.2) is 18.3 Å². The Morgan fingerprint density at radius 3 is 3.00 bits per heavy atom. The number of aryl methyl sites for hydroxylation is 1. The normalized spacial score (nSPS) is 12.1. The fraction of sp³-hybridized carbons (Fsp3) is 0.500. The van der Waals surface area contributed by atoms with Gasteiger partial charge in [0.25, 0.3) is 0 Å². The van der Waals surface area contributed by atoms with Crippen LogP contribution in [0.1, 0.15) is 31.0 Å². The molecule has 0 radical (unpaired) electrons. The highest BCUT2D eigenvalue weighted by molar-refractivity contribution is 5.17. The first kappa shape index (κ1) is 11.7. The van der Waals surface area contributed by atoms with Crippen LogP contribution in [0.5, 0.6) is 0 Å². The highest BCUT2D eigenvalue weighted by atomic mass is 14.9. The molecular weight excluding hydrogens is 186 g/mol. The third kappa shape index (κ3) is 3.69. The molecule has 0 aliphatic carbocycles. The Labute approximate surface area is 91.1 Å². The maximum atomic E-state index is 8.61. The zero-order chi connectivity index (χ0) is 11.1. The molecule has 1 unspecified atom stereocenters. The Balaban J connectivity index is 2.49. The van der Waals surface area contributed by atoms with E-state index in [0.29, 0.717) is 6.42 Å². The fourth-order valence-corrected chi connectivity index (χ4v) is 1.42. The van der Waals surface area contributed by atoms with Gasteiger partial charge in [-0.05, 0) is 25.0 Å². The SMILES string of the molecule is CCC(CC#N)NCc1ncccc1C. The van der Waals surface area contributed by atoms with Crippen molar-refractivity contribution >= 4 is 0 Å². The third-order valence-corrected chi connectivity index (χ3v) is 2.51. The van der Waals surface area contributed by atoms with Crippen LogP contribution in [0.3, 0.4) is 0 Å². The van der Waals surface area contributed by atoms with Gasteiger partial charge in [-0.2, -0.15) is 5.26 Å². The summed E-state index contributed by atoms with van der Waals surface area (Å²) in [5, 5.41) is 12.0. The van der Waals surface area contributed by atoms with Crippen LogP contribution in [0, 0.1) is 18.3 Å². The number of nitrogens with zero attached hydrogens (tertiary/aromatic N) is 2. The lowest BCUT2D eigenvalue weighted by molar-refractivity contribution is 0.500. The van der Waals surface area contributed by atoms with Gasteiger partial charge in [-0.1, -0.05) is 13.0 Å². The molecule has 3 heteroatoms. The van der Waals surface area contributed by atoms with E-state index in [1.54, 1.807) is 6.20 Å². The zero-order valence-corrected chi connectivity index (χ0v) is 9.33. The maximum absolute atomic E-state index is 8.61. The van der Waals surface area contributed by atoms with Gasteiger partial charge in [0.2, 0.25) is 0 Å². The number of pyridine rings is 1. The predicted octanol–water partition coefficient (Wildman–Crippen LogP) is 2.17. The van der Waals surface area contributed by atoms with Crippen molar-refractivity contribution in [2.24, 2.45) is 0 Å². The predicted molar refractivity (Wildman–Crippen MR) is 60.1 cm³/mol. The lowest BCUT2D eigenvalue weighted by Gasteiger charge is -2.13. The summed E-state index contributed by atoms with van der Waals surface area (Å²) in [6.07, 6.45) is 3.33. The van der Waals surface area contributed by atoms with E-state index in [1.807, 2.05) is 6.07 Å². The Morgan fingerprint density at radius 1 is 1.60 bits per heavy atom. The van der Waals surface area contributed by atoms with E-state index in [4.69, 9.17) is 5.26 Å². The summed E-state index contributed by atoms with van der Waals surface area (Å²) in [7, 11) is 0. The molecule has 1 heterocycles. The second-order valence-corrected chi connectivity index (χ2v) is 3.62. The Morgan fingerprint density at radius 2 is 2.40 bits per heavy atom. The molecule has 1 aromatic rings. The molecule has 1 aromatic heterocycles. The van der Waals surface area contributed by atoms with Crippen molar-refractivity contribution in [3.63, 3.8) is 0 Å². The second kappa shape index (κ2) is 6.15. The van der Waals surface area contributed by atoms with Crippen molar-refractivity contribution in [2.75, 3.05) is 0 Å². The molecule has 1 N–H and O–H groups in total. The van der Waals surface area contributed by atoms with Crippen LogP contribution in [-0.2, 0) is 6.54 Å². The lowest BCUT2D eigenvalue weighted by Crippen LogP contribution is -2.28. The monoisotopic (exact) mass is 203 g/mol. The Hall–Kier alpha value is -1.40. The molecule has 0 bridgehead atoms. The quantitative estimate of drug-likeness (QED) is 0.797. The molecular formula is C12H17N3. The topological polar surface area (TPSA) is 48.7 Å². The van der Waals surface area contributed by atoms with Gasteiger partial charge in [0.1, 0.15) is 0 Å². The molecule has 0 spiro atoms. The van der Waals surface area contributed by atoms with Gasteiger partial charge in [0, 0.05) is 18.8 Å². The van der Waals surface area contributed by atoms with Gasteiger partial charge in [0.05, 0.1) is 18.2 Å². The van der Waals surface area contributed by atoms with Crippen molar-refractivity contribution in [3.8, 4) is 6.07 Å². The third-order valence-electron chi connectivity index (χ3n) is 2.51. The highest BCUT2D eigenvalue weighted by Gasteiger charge is 2.05. The van der Waals surface area contributed by atoms with Gasteiger partial charge in [-0.15, -0.1) is 0 Å². The molecule has 15 heavy (non-hydrogen) atoms. The van der Waals surface area contributed by atoms with E-state index in [0.717, 1.165) is 18.7 Å². The lowest BCUT2D eigenvalue weighted by atomic mass is 10.1. The van der Waals surface area contributed by atoms with Crippen molar-refractivity contribution in [1.82, 2.24) is 10.3 Å². The molecule has 80 valence electrons. The fourth-order valence-electron chi connectivity index (χ4n) is 1.42.